The van der Waals surface area contributed by atoms with E-state index in [0.29, 0.717) is 0 Å². The van der Waals surface area contributed by atoms with Crippen molar-refractivity contribution in [2.45, 2.75) is 19.5 Å². The molecule has 1 atom stereocenters. The summed E-state index contributed by atoms with van der Waals surface area (Å²) in [6.07, 6.45) is 0. The maximum absolute atomic E-state index is 9.08. The zero-order valence-corrected chi connectivity index (χ0v) is 10.9. The van der Waals surface area contributed by atoms with Crippen molar-refractivity contribution in [2.24, 2.45) is 0 Å². The van der Waals surface area contributed by atoms with E-state index in [2.05, 4.69) is 4.90 Å². The molecule has 1 rings (SSSR count). The fourth-order valence-electron chi connectivity index (χ4n) is 1.56. The van der Waals surface area contributed by atoms with Crippen LogP contribution in [0.1, 0.15) is 12.5 Å². The molecule has 0 aliphatic heterocycles. The second kappa shape index (κ2) is 6.47. The number of rotatable bonds is 6. The Balaban J connectivity index is 2.78. The van der Waals surface area contributed by atoms with Crippen LogP contribution in [0.5, 0.6) is 11.5 Å². The van der Waals surface area contributed by atoms with Gasteiger partial charge in [0.25, 0.3) is 0 Å². The molecule has 0 bridgehead atoms. The van der Waals surface area contributed by atoms with Crippen molar-refractivity contribution in [1.29, 1.82) is 0 Å². The van der Waals surface area contributed by atoms with Gasteiger partial charge < -0.3 is 14.6 Å². The standard InChI is InChI=1S/C13H21NO3/c1-10(9-15)14(2)8-11-5-6-12(16-3)13(7-11)17-4/h5-7,10,15H,8-9H2,1-4H3. The van der Waals surface area contributed by atoms with E-state index in [1.54, 1.807) is 14.2 Å². The van der Waals surface area contributed by atoms with Crippen molar-refractivity contribution in [1.82, 2.24) is 4.90 Å². The molecule has 1 N–H and O–H groups in total. The summed E-state index contributed by atoms with van der Waals surface area (Å²) >= 11 is 0. The molecule has 4 nitrogen and oxygen atoms in total. The first-order chi connectivity index (χ1) is 8.12. The van der Waals surface area contributed by atoms with Crippen LogP contribution in [0.15, 0.2) is 18.2 Å². The second-order valence-electron chi connectivity index (χ2n) is 4.14. The maximum Gasteiger partial charge on any atom is 0.161 e. The molecule has 0 heterocycles. The molecule has 4 heteroatoms. The van der Waals surface area contributed by atoms with Gasteiger partial charge in [0.05, 0.1) is 20.8 Å². The van der Waals surface area contributed by atoms with Gasteiger partial charge in [0.1, 0.15) is 0 Å². The van der Waals surface area contributed by atoms with Crippen LogP contribution >= 0.6 is 0 Å². The third-order valence-corrected chi connectivity index (χ3v) is 2.90. The van der Waals surface area contributed by atoms with Crippen LogP contribution in [0.4, 0.5) is 0 Å². The van der Waals surface area contributed by atoms with Crippen LogP contribution < -0.4 is 9.47 Å². The first kappa shape index (κ1) is 13.8. The summed E-state index contributed by atoms with van der Waals surface area (Å²) in [6, 6.07) is 6.00. The molecular formula is C13H21NO3. The third-order valence-electron chi connectivity index (χ3n) is 2.90. The Kier molecular flexibility index (Phi) is 5.25. The molecule has 0 aliphatic carbocycles. The SMILES string of the molecule is COc1ccc(CN(C)C(C)CO)cc1OC. The highest BCUT2D eigenvalue weighted by Gasteiger charge is 2.10. The lowest BCUT2D eigenvalue weighted by molar-refractivity contribution is 0.154. The van der Waals surface area contributed by atoms with Gasteiger partial charge in [-0.25, -0.2) is 0 Å². The normalized spacial score (nSPS) is 12.6. The Hall–Kier alpha value is -1.26. The van der Waals surface area contributed by atoms with Crippen molar-refractivity contribution in [3.63, 3.8) is 0 Å². The summed E-state index contributed by atoms with van der Waals surface area (Å²) in [5.74, 6) is 1.46. The average Bonchev–Trinajstić information content (AvgIpc) is 2.37. The molecule has 1 aromatic carbocycles. The number of nitrogens with zero attached hydrogens (tertiary/aromatic N) is 1. The second-order valence-corrected chi connectivity index (χ2v) is 4.14. The molecule has 1 aromatic rings. The molecule has 17 heavy (non-hydrogen) atoms. The molecule has 0 radical (unpaired) electrons. The van der Waals surface area contributed by atoms with Crippen molar-refractivity contribution in [3.8, 4) is 11.5 Å². The van der Waals surface area contributed by atoms with Gasteiger partial charge in [0.2, 0.25) is 0 Å². The smallest absolute Gasteiger partial charge is 0.161 e. The number of ether oxygens (including phenoxy) is 2. The van der Waals surface area contributed by atoms with Gasteiger partial charge in [-0.15, -0.1) is 0 Å². The fraction of sp³-hybridized carbons (Fsp3) is 0.538. The number of hydrogen-bond acceptors (Lipinski definition) is 4. The molecule has 0 spiro atoms. The lowest BCUT2D eigenvalue weighted by Crippen LogP contribution is -2.31. The zero-order chi connectivity index (χ0) is 12.8. The molecule has 0 aliphatic rings. The summed E-state index contributed by atoms with van der Waals surface area (Å²) in [4.78, 5) is 2.08. The molecule has 0 saturated carbocycles. The minimum atomic E-state index is 0.142. The number of methoxy groups -OCH3 is 2. The molecule has 0 amide bonds. The van der Waals surface area contributed by atoms with Crippen molar-refractivity contribution >= 4 is 0 Å². The van der Waals surface area contributed by atoms with Gasteiger partial charge in [-0.2, -0.15) is 0 Å². The number of likely N-dealkylation sites (N-methyl/N-ethyl adjacent to an activating group) is 1. The predicted octanol–water partition coefficient (Wildman–Crippen LogP) is 1.52. The van der Waals surface area contributed by atoms with E-state index in [0.717, 1.165) is 23.6 Å². The number of benzene rings is 1. The Morgan fingerprint density at radius 1 is 1.24 bits per heavy atom. The van der Waals surface area contributed by atoms with E-state index in [9.17, 15) is 0 Å². The largest absolute Gasteiger partial charge is 0.493 e. The highest BCUT2D eigenvalue weighted by molar-refractivity contribution is 5.42. The summed E-state index contributed by atoms with van der Waals surface area (Å²) in [7, 11) is 5.23. The van der Waals surface area contributed by atoms with E-state index in [-0.39, 0.29) is 12.6 Å². The Bertz CT molecular complexity index is 355. The highest BCUT2D eigenvalue weighted by atomic mass is 16.5. The van der Waals surface area contributed by atoms with E-state index < -0.39 is 0 Å². The lowest BCUT2D eigenvalue weighted by Gasteiger charge is -2.23. The van der Waals surface area contributed by atoms with Crippen LogP contribution in [0.3, 0.4) is 0 Å². The van der Waals surface area contributed by atoms with Crippen LogP contribution in [0.2, 0.25) is 0 Å². The van der Waals surface area contributed by atoms with Gasteiger partial charge in [0, 0.05) is 12.6 Å². The van der Waals surface area contributed by atoms with Crippen LogP contribution in [0, 0.1) is 0 Å². The monoisotopic (exact) mass is 239 g/mol. The van der Waals surface area contributed by atoms with Crippen molar-refractivity contribution in [3.05, 3.63) is 23.8 Å². The number of aliphatic hydroxyl groups is 1. The van der Waals surface area contributed by atoms with Gasteiger partial charge in [-0.3, -0.25) is 4.90 Å². The summed E-state index contributed by atoms with van der Waals surface area (Å²) < 4.78 is 10.4. The van der Waals surface area contributed by atoms with E-state index in [4.69, 9.17) is 14.6 Å². The van der Waals surface area contributed by atoms with Crippen LogP contribution in [-0.2, 0) is 6.54 Å². The minimum absolute atomic E-state index is 0.142. The molecule has 0 fully saturated rings. The molecule has 0 aromatic heterocycles. The van der Waals surface area contributed by atoms with Gasteiger partial charge in [-0.05, 0) is 31.7 Å². The van der Waals surface area contributed by atoms with E-state index in [1.807, 2.05) is 32.2 Å². The summed E-state index contributed by atoms with van der Waals surface area (Å²) in [5, 5.41) is 9.08. The first-order valence-electron chi connectivity index (χ1n) is 5.64. The van der Waals surface area contributed by atoms with Gasteiger partial charge >= 0.3 is 0 Å². The highest BCUT2D eigenvalue weighted by Crippen LogP contribution is 2.28. The minimum Gasteiger partial charge on any atom is -0.493 e. The zero-order valence-electron chi connectivity index (χ0n) is 10.9. The average molecular weight is 239 g/mol. The van der Waals surface area contributed by atoms with E-state index in [1.165, 1.54) is 0 Å². The predicted molar refractivity (Wildman–Crippen MR) is 67.6 cm³/mol. The summed E-state index contributed by atoms with van der Waals surface area (Å²) in [6.45, 7) is 2.91. The molecular weight excluding hydrogens is 218 g/mol. The Morgan fingerprint density at radius 3 is 2.41 bits per heavy atom. The van der Waals surface area contributed by atoms with E-state index >= 15 is 0 Å². The van der Waals surface area contributed by atoms with Gasteiger partial charge in [0.15, 0.2) is 11.5 Å². The topological polar surface area (TPSA) is 41.9 Å². The Morgan fingerprint density at radius 2 is 1.88 bits per heavy atom. The van der Waals surface area contributed by atoms with Crippen molar-refractivity contribution in [2.75, 3.05) is 27.9 Å². The van der Waals surface area contributed by atoms with Gasteiger partial charge in [-0.1, -0.05) is 6.07 Å². The number of aliphatic hydroxyl groups excluding tert-OH is 1. The maximum atomic E-state index is 9.08. The lowest BCUT2D eigenvalue weighted by atomic mass is 10.1. The fourth-order valence-corrected chi connectivity index (χ4v) is 1.56. The molecule has 0 saturated heterocycles. The summed E-state index contributed by atoms with van der Waals surface area (Å²) in [5.41, 5.74) is 1.13. The van der Waals surface area contributed by atoms with Crippen molar-refractivity contribution < 1.29 is 14.6 Å². The first-order valence-corrected chi connectivity index (χ1v) is 5.64. The third kappa shape index (κ3) is 3.61. The van der Waals surface area contributed by atoms with Crippen LogP contribution in [0.25, 0.3) is 0 Å². The quantitative estimate of drug-likeness (QED) is 0.817. The Labute approximate surface area is 103 Å². The molecule has 96 valence electrons. The molecule has 1 unspecified atom stereocenters. The number of hydrogen-bond donors (Lipinski definition) is 1. The van der Waals surface area contributed by atoms with Crippen LogP contribution in [-0.4, -0.2) is 43.9 Å².